The quantitative estimate of drug-likeness (QED) is 0.441. The Balaban J connectivity index is 2.87. The van der Waals surface area contributed by atoms with Crippen molar-refractivity contribution in [2.45, 2.75) is 26.2 Å². The van der Waals surface area contributed by atoms with E-state index in [0.29, 0.717) is 13.2 Å². The maximum atomic E-state index is 5.35. The highest BCUT2D eigenvalue weighted by Gasteiger charge is 1.87. The molecule has 0 aromatic heterocycles. The lowest BCUT2D eigenvalue weighted by molar-refractivity contribution is 0.110. The molecular formula is C10H21NO2. The van der Waals surface area contributed by atoms with Gasteiger partial charge in [0.2, 0.25) is 0 Å². The Kier molecular flexibility index (Phi) is 11.0. The van der Waals surface area contributed by atoms with Crippen molar-refractivity contribution in [2.24, 2.45) is 5.73 Å². The van der Waals surface area contributed by atoms with Crippen LogP contribution in [0.2, 0.25) is 0 Å². The molecule has 0 spiro atoms. The second kappa shape index (κ2) is 11.5. The lowest BCUT2D eigenvalue weighted by atomic mass is 10.4. The van der Waals surface area contributed by atoms with E-state index < -0.39 is 0 Å². The van der Waals surface area contributed by atoms with Crippen molar-refractivity contribution in [3.05, 3.63) is 12.3 Å². The molecular weight excluding hydrogens is 166 g/mol. The molecule has 0 saturated heterocycles. The van der Waals surface area contributed by atoms with Crippen LogP contribution in [0.4, 0.5) is 0 Å². The van der Waals surface area contributed by atoms with Gasteiger partial charge in [0.15, 0.2) is 0 Å². The van der Waals surface area contributed by atoms with E-state index in [4.69, 9.17) is 15.2 Å². The van der Waals surface area contributed by atoms with Crippen LogP contribution in [-0.2, 0) is 9.47 Å². The molecule has 3 heteroatoms. The molecule has 0 aliphatic rings. The molecule has 0 amide bonds. The summed E-state index contributed by atoms with van der Waals surface area (Å²) < 4.78 is 10.5. The van der Waals surface area contributed by atoms with Crippen LogP contribution in [0.25, 0.3) is 0 Å². The van der Waals surface area contributed by atoms with Crippen molar-refractivity contribution in [2.75, 3.05) is 26.4 Å². The monoisotopic (exact) mass is 187 g/mol. The van der Waals surface area contributed by atoms with Gasteiger partial charge in [0.25, 0.3) is 0 Å². The standard InChI is InChI=1S/C10H21NO2/c1-2-3-7-12-9-5-10-13-8-4-6-11/h4,8H,2-3,5-7,9-11H2,1H3/b8-4+. The van der Waals surface area contributed by atoms with E-state index in [1.165, 1.54) is 6.42 Å². The first-order valence-corrected chi connectivity index (χ1v) is 4.96. The number of unbranched alkanes of at least 4 members (excludes halogenated alkanes) is 1. The van der Waals surface area contributed by atoms with Crippen molar-refractivity contribution in [3.8, 4) is 0 Å². The van der Waals surface area contributed by atoms with Crippen LogP contribution in [-0.4, -0.2) is 26.4 Å². The highest BCUT2D eigenvalue weighted by Crippen LogP contribution is 1.90. The van der Waals surface area contributed by atoms with Gasteiger partial charge in [0.1, 0.15) is 0 Å². The smallest absolute Gasteiger partial charge is 0.0895 e. The fraction of sp³-hybridized carbons (Fsp3) is 0.800. The summed E-state index contributed by atoms with van der Waals surface area (Å²) in [5, 5.41) is 0. The van der Waals surface area contributed by atoms with Crippen LogP contribution in [0.1, 0.15) is 26.2 Å². The van der Waals surface area contributed by atoms with E-state index in [0.717, 1.165) is 26.1 Å². The van der Waals surface area contributed by atoms with E-state index in [9.17, 15) is 0 Å². The average Bonchev–Trinajstić information content (AvgIpc) is 2.16. The van der Waals surface area contributed by atoms with Gasteiger partial charge in [0.05, 0.1) is 12.9 Å². The Labute approximate surface area is 80.9 Å². The molecule has 0 bridgehead atoms. The maximum absolute atomic E-state index is 5.35. The first kappa shape index (κ1) is 12.5. The predicted molar refractivity (Wildman–Crippen MR) is 54.5 cm³/mol. The van der Waals surface area contributed by atoms with E-state index in [1.54, 1.807) is 12.3 Å². The first-order chi connectivity index (χ1) is 6.41. The topological polar surface area (TPSA) is 44.5 Å². The summed E-state index contributed by atoms with van der Waals surface area (Å²) >= 11 is 0. The third-order valence-electron chi connectivity index (χ3n) is 1.52. The SMILES string of the molecule is CCCCOCCCO/C=C/CN. The van der Waals surface area contributed by atoms with Crippen LogP contribution in [0.5, 0.6) is 0 Å². The summed E-state index contributed by atoms with van der Waals surface area (Å²) in [7, 11) is 0. The van der Waals surface area contributed by atoms with Crippen LogP contribution in [0, 0.1) is 0 Å². The van der Waals surface area contributed by atoms with E-state index in [2.05, 4.69) is 6.92 Å². The van der Waals surface area contributed by atoms with Crippen molar-refractivity contribution in [3.63, 3.8) is 0 Å². The molecule has 0 fully saturated rings. The Hall–Kier alpha value is -0.540. The van der Waals surface area contributed by atoms with Gasteiger partial charge >= 0.3 is 0 Å². The summed E-state index contributed by atoms with van der Waals surface area (Å²) in [4.78, 5) is 0. The highest BCUT2D eigenvalue weighted by atomic mass is 16.5. The molecule has 78 valence electrons. The van der Waals surface area contributed by atoms with Gasteiger partial charge in [-0.2, -0.15) is 0 Å². The normalized spacial score (nSPS) is 10.9. The third kappa shape index (κ3) is 11.5. The minimum atomic E-state index is 0.535. The van der Waals surface area contributed by atoms with Crippen molar-refractivity contribution in [1.29, 1.82) is 0 Å². The van der Waals surface area contributed by atoms with Crippen LogP contribution in [0.15, 0.2) is 12.3 Å². The van der Waals surface area contributed by atoms with Gasteiger partial charge in [-0.3, -0.25) is 0 Å². The fourth-order valence-corrected chi connectivity index (χ4v) is 0.784. The summed E-state index contributed by atoms with van der Waals surface area (Å²) in [6, 6.07) is 0. The molecule has 3 nitrogen and oxygen atoms in total. The molecule has 0 unspecified atom stereocenters. The van der Waals surface area contributed by atoms with Gasteiger partial charge in [-0.1, -0.05) is 13.3 Å². The van der Waals surface area contributed by atoms with Gasteiger partial charge in [-0.05, 0) is 12.5 Å². The summed E-state index contributed by atoms with van der Waals surface area (Å²) in [6.45, 7) is 5.06. The molecule has 0 aromatic rings. The van der Waals surface area contributed by atoms with Gasteiger partial charge in [-0.25, -0.2) is 0 Å². The van der Waals surface area contributed by atoms with Crippen molar-refractivity contribution < 1.29 is 9.47 Å². The molecule has 2 N–H and O–H groups in total. The number of nitrogens with two attached hydrogens (primary N) is 1. The van der Waals surface area contributed by atoms with Gasteiger partial charge in [0, 0.05) is 26.2 Å². The van der Waals surface area contributed by atoms with Gasteiger partial charge < -0.3 is 15.2 Å². The lowest BCUT2D eigenvalue weighted by Crippen LogP contribution is -2.00. The molecule has 13 heavy (non-hydrogen) atoms. The average molecular weight is 187 g/mol. The van der Waals surface area contributed by atoms with E-state index in [1.807, 2.05) is 0 Å². The minimum Gasteiger partial charge on any atom is -0.501 e. The largest absolute Gasteiger partial charge is 0.501 e. The number of hydrogen-bond acceptors (Lipinski definition) is 3. The molecule has 0 aliphatic carbocycles. The second-order valence-electron chi connectivity index (χ2n) is 2.80. The number of rotatable bonds is 9. The predicted octanol–water partition coefficient (Wildman–Crippen LogP) is 1.68. The number of hydrogen-bond donors (Lipinski definition) is 1. The molecule has 0 aromatic carbocycles. The van der Waals surface area contributed by atoms with Crippen LogP contribution >= 0.6 is 0 Å². The molecule has 0 radical (unpaired) electrons. The summed E-state index contributed by atoms with van der Waals surface area (Å²) in [5.74, 6) is 0. The third-order valence-corrected chi connectivity index (χ3v) is 1.52. The molecule has 0 rings (SSSR count). The highest BCUT2D eigenvalue weighted by molar-refractivity contribution is 4.73. The fourth-order valence-electron chi connectivity index (χ4n) is 0.784. The van der Waals surface area contributed by atoms with Crippen molar-refractivity contribution >= 4 is 0 Å². The molecule has 0 saturated carbocycles. The first-order valence-electron chi connectivity index (χ1n) is 4.96. The van der Waals surface area contributed by atoms with E-state index >= 15 is 0 Å². The van der Waals surface area contributed by atoms with E-state index in [-0.39, 0.29) is 0 Å². The zero-order valence-corrected chi connectivity index (χ0v) is 8.50. The number of ether oxygens (including phenoxy) is 2. The zero-order chi connectivity index (χ0) is 9.78. The molecule has 0 aliphatic heterocycles. The minimum absolute atomic E-state index is 0.535. The zero-order valence-electron chi connectivity index (χ0n) is 8.50. The lowest BCUT2D eigenvalue weighted by Gasteiger charge is -2.02. The summed E-state index contributed by atoms with van der Waals surface area (Å²) in [6.07, 6.45) is 6.71. The van der Waals surface area contributed by atoms with Crippen molar-refractivity contribution in [1.82, 2.24) is 0 Å². The Bertz CT molecular complexity index is 115. The summed E-state index contributed by atoms with van der Waals surface area (Å²) in [5.41, 5.74) is 5.23. The second-order valence-corrected chi connectivity index (χ2v) is 2.80. The van der Waals surface area contributed by atoms with Gasteiger partial charge in [-0.15, -0.1) is 0 Å². The van der Waals surface area contributed by atoms with Crippen LogP contribution in [0.3, 0.4) is 0 Å². The van der Waals surface area contributed by atoms with Crippen LogP contribution < -0.4 is 5.73 Å². The Morgan fingerprint density at radius 3 is 2.62 bits per heavy atom. The molecule has 0 heterocycles. The Morgan fingerprint density at radius 1 is 1.15 bits per heavy atom. The Morgan fingerprint density at radius 2 is 1.92 bits per heavy atom. The molecule has 0 atom stereocenters. The maximum Gasteiger partial charge on any atom is 0.0895 e.